The van der Waals surface area contributed by atoms with Crippen LogP contribution < -0.4 is 16.4 Å². The standard InChI is InChI=1S/C33H40N4O6/c1-19-9-8-12-24(29(19)39)28(30(40)35-23-14-13-21-10-6-7-11-22(21)18-23)37(26-17-20(26)2)31(41)25(15-16-27(34)38)36-32(42)43-33(3,4)5/h6-14,18,20,25-26,28,39H,15-17H2,1-5H3,(H2,34,38)(H,35,40)(H,36,42). The number of aromatic hydroxyl groups is 1. The minimum atomic E-state index is -1.25. The van der Waals surface area contributed by atoms with Gasteiger partial charge >= 0.3 is 6.09 Å². The molecule has 1 fully saturated rings. The number of ether oxygens (including phenoxy) is 1. The van der Waals surface area contributed by atoms with Crippen LogP contribution in [0.1, 0.15) is 64.1 Å². The van der Waals surface area contributed by atoms with E-state index in [4.69, 9.17) is 10.5 Å². The molecule has 1 aliphatic rings. The third kappa shape index (κ3) is 7.82. The van der Waals surface area contributed by atoms with Gasteiger partial charge in [-0.1, -0.05) is 55.5 Å². The van der Waals surface area contributed by atoms with Crippen LogP contribution >= 0.6 is 0 Å². The van der Waals surface area contributed by atoms with Crippen LogP contribution in [0.4, 0.5) is 10.5 Å². The molecule has 43 heavy (non-hydrogen) atoms. The van der Waals surface area contributed by atoms with E-state index in [0.717, 1.165) is 10.8 Å². The van der Waals surface area contributed by atoms with Crippen molar-refractivity contribution in [3.63, 3.8) is 0 Å². The van der Waals surface area contributed by atoms with Gasteiger partial charge in [0.25, 0.3) is 5.91 Å². The van der Waals surface area contributed by atoms with Crippen molar-refractivity contribution >= 4 is 40.3 Å². The summed E-state index contributed by atoms with van der Waals surface area (Å²) in [5.74, 6) is -1.81. The number of nitrogens with one attached hydrogen (secondary N) is 2. The number of carbonyl (C=O) groups is 4. The minimum absolute atomic E-state index is 0.0604. The molecule has 0 radical (unpaired) electrons. The van der Waals surface area contributed by atoms with Crippen molar-refractivity contribution < 1.29 is 29.0 Å². The quantitative estimate of drug-likeness (QED) is 0.264. The third-order valence-electron chi connectivity index (χ3n) is 7.45. The molecule has 0 aromatic heterocycles. The highest BCUT2D eigenvalue weighted by Gasteiger charge is 2.49. The van der Waals surface area contributed by atoms with Crippen LogP contribution in [-0.2, 0) is 19.1 Å². The third-order valence-corrected chi connectivity index (χ3v) is 7.45. The number of hydrogen-bond acceptors (Lipinski definition) is 6. The highest BCUT2D eigenvalue weighted by molar-refractivity contribution is 6.01. The highest BCUT2D eigenvalue weighted by Crippen LogP contribution is 2.43. The molecule has 1 saturated carbocycles. The van der Waals surface area contributed by atoms with Gasteiger partial charge in [0, 0.05) is 23.7 Å². The van der Waals surface area contributed by atoms with E-state index in [1.165, 1.54) is 4.90 Å². The maximum Gasteiger partial charge on any atom is 0.408 e. The summed E-state index contributed by atoms with van der Waals surface area (Å²) in [5, 5.41) is 18.6. The van der Waals surface area contributed by atoms with Crippen molar-refractivity contribution in [3.05, 3.63) is 71.8 Å². The van der Waals surface area contributed by atoms with Crippen molar-refractivity contribution in [1.29, 1.82) is 0 Å². The molecule has 4 atom stereocenters. The summed E-state index contributed by atoms with van der Waals surface area (Å²) in [6.45, 7) is 8.75. The Morgan fingerprint density at radius 3 is 2.35 bits per heavy atom. The number of fused-ring (bicyclic) bond motifs is 1. The SMILES string of the molecule is Cc1cccc(C(C(=O)Nc2ccc3ccccc3c2)N(C(=O)C(CCC(N)=O)NC(=O)OC(C)(C)C)C2CC2C)c1O. The molecule has 4 rings (SSSR count). The Bertz CT molecular complexity index is 1530. The maximum absolute atomic E-state index is 14.4. The Kier molecular flexibility index (Phi) is 9.27. The monoisotopic (exact) mass is 588 g/mol. The molecule has 3 aromatic rings. The summed E-state index contributed by atoms with van der Waals surface area (Å²) >= 11 is 0. The molecule has 0 saturated heterocycles. The summed E-state index contributed by atoms with van der Waals surface area (Å²) in [6.07, 6.45) is -0.490. The van der Waals surface area contributed by atoms with Crippen LogP contribution in [0.15, 0.2) is 60.7 Å². The number of benzene rings is 3. The summed E-state index contributed by atoms with van der Waals surface area (Å²) < 4.78 is 5.39. The number of amides is 4. The van der Waals surface area contributed by atoms with Crippen LogP contribution in [0.5, 0.6) is 5.75 Å². The number of nitrogens with zero attached hydrogens (tertiary/aromatic N) is 1. The second kappa shape index (κ2) is 12.7. The second-order valence-corrected chi connectivity index (χ2v) is 12.2. The summed E-state index contributed by atoms with van der Waals surface area (Å²) in [4.78, 5) is 54.5. The number of para-hydroxylation sites is 1. The maximum atomic E-state index is 14.4. The van der Waals surface area contributed by atoms with Gasteiger partial charge in [0.05, 0.1) is 0 Å². The lowest BCUT2D eigenvalue weighted by atomic mass is 9.98. The molecule has 10 nitrogen and oxygen atoms in total. The molecule has 4 amide bonds. The topological polar surface area (TPSA) is 151 Å². The molecule has 0 aliphatic heterocycles. The van der Waals surface area contributed by atoms with Crippen LogP contribution in [0.2, 0.25) is 0 Å². The van der Waals surface area contributed by atoms with E-state index in [1.54, 1.807) is 52.0 Å². The van der Waals surface area contributed by atoms with Gasteiger partial charge in [-0.15, -0.1) is 0 Å². The Morgan fingerprint density at radius 2 is 1.72 bits per heavy atom. The lowest BCUT2D eigenvalue weighted by molar-refractivity contribution is -0.142. The number of hydrogen-bond donors (Lipinski definition) is 4. The Labute approximate surface area is 251 Å². The van der Waals surface area contributed by atoms with Gasteiger partial charge in [-0.3, -0.25) is 14.4 Å². The first-order valence-electron chi connectivity index (χ1n) is 14.4. The van der Waals surface area contributed by atoms with Gasteiger partial charge in [0.2, 0.25) is 11.8 Å². The number of anilines is 1. The van der Waals surface area contributed by atoms with E-state index in [-0.39, 0.29) is 36.1 Å². The predicted molar refractivity (Wildman–Crippen MR) is 164 cm³/mol. The zero-order chi connectivity index (χ0) is 31.5. The normalized spacial score (nSPS) is 17.4. The van der Waals surface area contributed by atoms with Gasteiger partial charge in [-0.25, -0.2) is 4.79 Å². The van der Waals surface area contributed by atoms with Crippen LogP contribution in [0, 0.1) is 12.8 Å². The predicted octanol–water partition coefficient (Wildman–Crippen LogP) is 4.93. The first-order valence-corrected chi connectivity index (χ1v) is 14.4. The molecule has 228 valence electrons. The van der Waals surface area contributed by atoms with Crippen molar-refractivity contribution in [2.24, 2.45) is 11.7 Å². The number of primary amides is 1. The fourth-order valence-corrected chi connectivity index (χ4v) is 5.14. The molecule has 0 heterocycles. The summed E-state index contributed by atoms with van der Waals surface area (Å²) in [6, 6.07) is 15.5. The molecular formula is C33H40N4O6. The van der Waals surface area contributed by atoms with Crippen molar-refractivity contribution in [3.8, 4) is 5.75 Å². The van der Waals surface area contributed by atoms with Gasteiger partial charge in [-0.05, 0) is 74.9 Å². The molecule has 1 aliphatic carbocycles. The number of nitrogens with two attached hydrogens (primary N) is 1. The van der Waals surface area contributed by atoms with E-state index in [0.29, 0.717) is 17.7 Å². The lowest BCUT2D eigenvalue weighted by Gasteiger charge is -2.35. The molecule has 0 spiro atoms. The number of carbonyl (C=O) groups excluding carboxylic acids is 4. The fraction of sp³-hybridized carbons (Fsp3) is 0.394. The first kappa shape index (κ1) is 31.3. The van der Waals surface area contributed by atoms with E-state index >= 15 is 0 Å². The largest absolute Gasteiger partial charge is 0.507 e. The lowest BCUT2D eigenvalue weighted by Crippen LogP contribution is -2.53. The Hall–Kier alpha value is -4.60. The van der Waals surface area contributed by atoms with Gasteiger partial charge < -0.3 is 31.1 Å². The van der Waals surface area contributed by atoms with Gasteiger partial charge in [0.1, 0.15) is 23.4 Å². The smallest absolute Gasteiger partial charge is 0.408 e. The Balaban J connectivity index is 1.75. The molecule has 4 unspecified atom stereocenters. The summed E-state index contributed by atoms with van der Waals surface area (Å²) in [5.41, 5.74) is 5.87. The second-order valence-electron chi connectivity index (χ2n) is 12.2. The van der Waals surface area contributed by atoms with Crippen molar-refractivity contribution in [1.82, 2.24) is 10.2 Å². The molecule has 5 N–H and O–H groups in total. The van der Waals surface area contributed by atoms with Gasteiger partial charge in [-0.2, -0.15) is 0 Å². The fourth-order valence-electron chi connectivity index (χ4n) is 5.14. The van der Waals surface area contributed by atoms with Crippen LogP contribution in [0.3, 0.4) is 0 Å². The van der Waals surface area contributed by atoms with Gasteiger partial charge in [0.15, 0.2) is 0 Å². The minimum Gasteiger partial charge on any atom is -0.507 e. The number of alkyl carbamates (subject to hydrolysis) is 1. The zero-order valence-corrected chi connectivity index (χ0v) is 25.2. The van der Waals surface area contributed by atoms with E-state index in [9.17, 15) is 24.3 Å². The summed E-state index contributed by atoms with van der Waals surface area (Å²) in [7, 11) is 0. The Morgan fingerprint density at radius 1 is 1.05 bits per heavy atom. The number of phenols is 1. The van der Waals surface area contributed by atoms with Crippen molar-refractivity contribution in [2.45, 2.75) is 77.6 Å². The molecule has 0 bridgehead atoms. The van der Waals surface area contributed by atoms with E-state index < -0.39 is 41.5 Å². The van der Waals surface area contributed by atoms with Crippen LogP contribution in [-0.4, -0.2) is 51.5 Å². The zero-order valence-electron chi connectivity index (χ0n) is 25.2. The van der Waals surface area contributed by atoms with Crippen molar-refractivity contribution in [2.75, 3.05) is 5.32 Å². The molecular weight excluding hydrogens is 548 g/mol. The number of phenolic OH excluding ortho intramolecular Hbond substituents is 1. The molecule has 3 aromatic carbocycles. The number of aryl methyl sites for hydroxylation is 1. The van der Waals surface area contributed by atoms with E-state index in [2.05, 4.69) is 10.6 Å². The highest BCUT2D eigenvalue weighted by atomic mass is 16.6. The van der Waals surface area contributed by atoms with Crippen LogP contribution in [0.25, 0.3) is 10.8 Å². The van der Waals surface area contributed by atoms with E-state index in [1.807, 2.05) is 43.3 Å². The number of rotatable bonds is 10. The average molecular weight is 589 g/mol. The molecule has 10 heteroatoms. The average Bonchev–Trinajstić information content (AvgIpc) is 3.65. The first-order chi connectivity index (χ1) is 20.2.